The van der Waals surface area contributed by atoms with Gasteiger partial charge in [-0.25, -0.2) is 4.98 Å². The standard InChI is InChI=1S/C15H21N3O2S/c1-10(2)12-8-14(20)18-11(9-21-15(18)16-12)7-13(19)17-5-3-4-6-17/h8,10-11H,3-7,9H2,1-2H3. The van der Waals surface area contributed by atoms with Gasteiger partial charge in [0.1, 0.15) is 0 Å². The number of hydrogen-bond acceptors (Lipinski definition) is 4. The van der Waals surface area contributed by atoms with Crippen molar-refractivity contribution >= 4 is 17.7 Å². The lowest BCUT2D eigenvalue weighted by Crippen LogP contribution is -2.32. The minimum atomic E-state index is -0.0423. The molecule has 1 aromatic heterocycles. The van der Waals surface area contributed by atoms with Crippen LogP contribution in [-0.4, -0.2) is 39.2 Å². The minimum absolute atomic E-state index is 0.0204. The highest BCUT2D eigenvalue weighted by Crippen LogP contribution is 2.33. The maximum atomic E-state index is 12.3. The van der Waals surface area contributed by atoms with Crippen LogP contribution in [-0.2, 0) is 4.79 Å². The van der Waals surface area contributed by atoms with Crippen molar-refractivity contribution in [3.63, 3.8) is 0 Å². The molecule has 0 bridgehead atoms. The van der Waals surface area contributed by atoms with Gasteiger partial charge in [-0.15, -0.1) is 0 Å². The molecule has 1 unspecified atom stereocenters. The van der Waals surface area contributed by atoms with Crippen molar-refractivity contribution in [3.8, 4) is 0 Å². The van der Waals surface area contributed by atoms with E-state index in [1.807, 2.05) is 18.7 Å². The first-order chi connectivity index (χ1) is 10.1. The molecule has 2 aliphatic heterocycles. The smallest absolute Gasteiger partial charge is 0.254 e. The van der Waals surface area contributed by atoms with E-state index >= 15 is 0 Å². The van der Waals surface area contributed by atoms with E-state index in [9.17, 15) is 9.59 Å². The van der Waals surface area contributed by atoms with Crippen LogP contribution >= 0.6 is 11.8 Å². The van der Waals surface area contributed by atoms with Gasteiger partial charge in [0, 0.05) is 31.3 Å². The van der Waals surface area contributed by atoms with Crippen LogP contribution in [0.4, 0.5) is 0 Å². The molecule has 0 aliphatic carbocycles. The van der Waals surface area contributed by atoms with Crippen molar-refractivity contribution in [2.45, 2.75) is 50.2 Å². The van der Waals surface area contributed by atoms with E-state index in [0.717, 1.165) is 42.5 Å². The molecule has 0 radical (unpaired) electrons. The Morgan fingerprint density at radius 3 is 2.81 bits per heavy atom. The van der Waals surface area contributed by atoms with Crippen LogP contribution in [0, 0.1) is 0 Å². The van der Waals surface area contributed by atoms with E-state index in [2.05, 4.69) is 4.98 Å². The molecule has 0 spiro atoms. The maximum absolute atomic E-state index is 12.3. The highest BCUT2D eigenvalue weighted by Gasteiger charge is 2.30. The second-order valence-electron chi connectivity index (χ2n) is 6.08. The molecule has 1 amide bonds. The first-order valence-electron chi connectivity index (χ1n) is 7.60. The Morgan fingerprint density at radius 1 is 1.43 bits per heavy atom. The average molecular weight is 307 g/mol. The third-order valence-electron chi connectivity index (χ3n) is 4.17. The Balaban J connectivity index is 1.80. The molecule has 3 rings (SSSR count). The van der Waals surface area contributed by atoms with Gasteiger partial charge in [0.2, 0.25) is 5.91 Å². The highest BCUT2D eigenvalue weighted by atomic mass is 32.2. The third-order valence-corrected chi connectivity index (χ3v) is 5.27. The molecule has 21 heavy (non-hydrogen) atoms. The molecule has 1 saturated heterocycles. The topological polar surface area (TPSA) is 55.2 Å². The second-order valence-corrected chi connectivity index (χ2v) is 7.07. The predicted octanol–water partition coefficient (Wildman–Crippen LogP) is 2.03. The van der Waals surface area contributed by atoms with E-state index in [1.165, 1.54) is 0 Å². The maximum Gasteiger partial charge on any atom is 0.254 e. The van der Waals surface area contributed by atoms with Crippen LogP contribution in [0.15, 0.2) is 16.0 Å². The fraction of sp³-hybridized carbons (Fsp3) is 0.667. The Labute approximate surface area is 128 Å². The number of hydrogen-bond donors (Lipinski definition) is 0. The van der Waals surface area contributed by atoms with Crippen LogP contribution in [0.3, 0.4) is 0 Å². The SMILES string of the molecule is CC(C)c1cc(=O)n2c(n1)SCC2CC(=O)N1CCCC1. The van der Waals surface area contributed by atoms with Crippen LogP contribution in [0.1, 0.15) is 50.8 Å². The van der Waals surface area contributed by atoms with E-state index < -0.39 is 0 Å². The summed E-state index contributed by atoms with van der Waals surface area (Å²) in [6.45, 7) is 5.80. The number of nitrogens with zero attached hydrogens (tertiary/aromatic N) is 3. The van der Waals surface area contributed by atoms with Crippen LogP contribution in [0.25, 0.3) is 0 Å². The summed E-state index contributed by atoms with van der Waals surface area (Å²) in [7, 11) is 0. The largest absolute Gasteiger partial charge is 0.343 e. The van der Waals surface area contributed by atoms with Crippen molar-refractivity contribution in [2.75, 3.05) is 18.8 Å². The number of thioether (sulfide) groups is 1. The molecule has 1 fully saturated rings. The molecular formula is C15H21N3O2S. The molecule has 2 aliphatic rings. The lowest BCUT2D eigenvalue weighted by Gasteiger charge is -2.19. The number of rotatable bonds is 3. The molecule has 6 heteroatoms. The van der Waals surface area contributed by atoms with E-state index in [4.69, 9.17) is 0 Å². The van der Waals surface area contributed by atoms with E-state index in [1.54, 1.807) is 22.4 Å². The van der Waals surface area contributed by atoms with Crippen molar-refractivity contribution < 1.29 is 4.79 Å². The van der Waals surface area contributed by atoms with Crippen molar-refractivity contribution in [3.05, 3.63) is 22.1 Å². The van der Waals surface area contributed by atoms with Crippen molar-refractivity contribution in [1.82, 2.24) is 14.5 Å². The zero-order valence-corrected chi connectivity index (χ0v) is 13.4. The van der Waals surface area contributed by atoms with Crippen molar-refractivity contribution in [1.29, 1.82) is 0 Å². The molecule has 1 atom stereocenters. The Hall–Kier alpha value is -1.30. The number of aromatic nitrogens is 2. The van der Waals surface area contributed by atoms with Gasteiger partial charge < -0.3 is 4.90 Å². The predicted molar refractivity (Wildman–Crippen MR) is 82.8 cm³/mol. The van der Waals surface area contributed by atoms with Gasteiger partial charge in [0.25, 0.3) is 5.56 Å². The monoisotopic (exact) mass is 307 g/mol. The zero-order chi connectivity index (χ0) is 15.0. The number of amides is 1. The van der Waals surface area contributed by atoms with Gasteiger partial charge in [0.15, 0.2) is 5.16 Å². The fourth-order valence-electron chi connectivity index (χ4n) is 2.91. The third kappa shape index (κ3) is 2.86. The summed E-state index contributed by atoms with van der Waals surface area (Å²) in [6, 6.07) is 1.58. The van der Waals surface area contributed by atoms with E-state index in [0.29, 0.717) is 6.42 Å². The van der Waals surface area contributed by atoms with E-state index in [-0.39, 0.29) is 23.4 Å². The fourth-order valence-corrected chi connectivity index (χ4v) is 4.07. The summed E-state index contributed by atoms with van der Waals surface area (Å²) in [6.07, 6.45) is 2.62. The summed E-state index contributed by atoms with van der Waals surface area (Å²) in [5.41, 5.74) is 0.818. The molecule has 1 aromatic rings. The normalized spacial score (nSPS) is 21.1. The molecule has 5 nitrogen and oxygen atoms in total. The summed E-state index contributed by atoms with van der Waals surface area (Å²) < 4.78 is 1.71. The van der Waals surface area contributed by atoms with Gasteiger partial charge in [-0.05, 0) is 18.8 Å². The highest BCUT2D eigenvalue weighted by molar-refractivity contribution is 7.99. The number of fused-ring (bicyclic) bond motifs is 1. The zero-order valence-electron chi connectivity index (χ0n) is 12.5. The number of carbonyl (C=O) groups excluding carboxylic acids is 1. The quantitative estimate of drug-likeness (QED) is 0.802. The summed E-state index contributed by atoms with van der Waals surface area (Å²) in [4.78, 5) is 31.1. The van der Waals surface area contributed by atoms with Gasteiger partial charge in [-0.3, -0.25) is 14.2 Å². The lowest BCUT2D eigenvalue weighted by molar-refractivity contribution is -0.130. The Morgan fingerprint density at radius 2 is 2.14 bits per heavy atom. The van der Waals surface area contributed by atoms with Crippen molar-refractivity contribution in [2.24, 2.45) is 0 Å². The first-order valence-corrected chi connectivity index (χ1v) is 8.59. The van der Waals surface area contributed by atoms with Gasteiger partial charge in [-0.1, -0.05) is 25.6 Å². The van der Waals surface area contributed by atoms with Crippen LogP contribution < -0.4 is 5.56 Å². The second kappa shape index (κ2) is 5.83. The number of carbonyl (C=O) groups is 1. The molecular weight excluding hydrogens is 286 g/mol. The average Bonchev–Trinajstić information content (AvgIpc) is 3.08. The van der Waals surface area contributed by atoms with Crippen LogP contribution in [0.2, 0.25) is 0 Å². The summed E-state index contributed by atoms with van der Waals surface area (Å²) in [5.74, 6) is 1.18. The molecule has 3 heterocycles. The molecule has 114 valence electrons. The number of likely N-dealkylation sites (tertiary alicyclic amines) is 1. The molecule has 0 saturated carbocycles. The summed E-state index contributed by atoms with van der Waals surface area (Å²) in [5, 5.41) is 0.769. The van der Waals surface area contributed by atoms with Gasteiger partial charge in [0.05, 0.1) is 11.7 Å². The van der Waals surface area contributed by atoms with Gasteiger partial charge >= 0.3 is 0 Å². The molecule has 0 aromatic carbocycles. The Bertz CT molecular complexity index is 605. The minimum Gasteiger partial charge on any atom is -0.343 e. The summed E-state index contributed by atoms with van der Waals surface area (Å²) >= 11 is 1.59. The Kier molecular flexibility index (Phi) is 4.06. The van der Waals surface area contributed by atoms with Crippen LogP contribution in [0.5, 0.6) is 0 Å². The molecule has 0 N–H and O–H groups in total. The lowest BCUT2D eigenvalue weighted by atomic mass is 10.1. The van der Waals surface area contributed by atoms with Gasteiger partial charge in [-0.2, -0.15) is 0 Å². The first kappa shape index (κ1) is 14.6.